The van der Waals surface area contributed by atoms with Gasteiger partial charge in [0.2, 0.25) is 0 Å². The Morgan fingerprint density at radius 3 is 1.94 bits per heavy atom. The Balaban J connectivity index is 2.60. The molecule has 0 N–H and O–H groups in total. The van der Waals surface area contributed by atoms with Crippen LogP contribution in [0.15, 0.2) is 42.5 Å². The Bertz CT molecular complexity index is 548. The van der Waals surface area contributed by atoms with Crippen LogP contribution >= 0.6 is 0 Å². The standard InChI is InChI=1S/C16H16At2/c1-11-4-7-13(8-5-11)14-9-6-12(2)10-15(14)16(3,17)18/h4-10H,1-3H3. The van der Waals surface area contributed by atoms with E-state index in [0.29, 0.717) is 0 Å². The van der Waals surface area contributed by atoms with Gasteiger partial charge in [0, 0.05) is 0 Å². The second kappa shape index (κ2) is 5.68. The molecule has 0 saturated heterocycles. The average Bonchev–Trinajstić information content (AvgIpc) is 2.29. The van der Waals surface area contributed by atoms with Crippen molar-refractivity contribution in [2.75, 3.05) is 0 Å². The van der Waals surface area contributed by atoms with Crippen LogP contribution in [0.25, 0.3) is 11.1 Å². The predicted molar refractivity (Wildman–Crippen MR) is 68.7 cm³/mol. The molecule has 94 valence electrons. The van der Waals surface area contributed by atoms with Gasteiger partial charge >= 0.3 is 141 Å². The number of hydrogen-bond donors (Lipinski definition) is 0. The molecule has 2 aromatic rings. The normalized spacial score (nSPS) is 11.6. The van der Waals surface area contributed by atoms with Gasteiger partial charge in [-0.15, -0.1) is 0 Å². The fourth-order valence-electron chi connectivity index (χ4n) is 2.01. The molecule has 0 fully saturated rings. The Kier molecular flexibility index (Phi) is 4.61. The van der Waals surface area contributed by atoms with Crippen LogP contribution in [0.2, 0.25) is 0 Å². The van der Waals surface area contributed by atoms with Crippen molar-refractivity contribution in [2.45, 2.75) is 21.6 Å². The monoisotopic (exact) mass is 628 g/mol. The van der Waals surface area contributed by atoms with Gasteiger partial charge in [-0.1, -0.05) is 0 Å². The van der Waals surface area contributed by atoms with E-state index in [9.17, 15) is 0 Å². The summed E-state index contributed by atoms with van der Waals surface area (Å²) in [5, 5.41) is 0. The molecular weight excluding hydrogens is 612 g/mol. The average molecular weight is 628 g/mol. The molecule has 18 heavy (non-hydrogen) atoms. The van der Waals surface area contributed by atoms with E-state index in [1.54, 1.807) is 0 Å². The van der Waals surface area contributed by atoms with E-state index in [0.717, 1.165) is 0 Å². The minimum absolute atomic E-state index is 0.284. The number of benzene rings is 2. The maximum atomic E-state index is 2.34. The van der Waals surface area contributed by atoms with E-state index in [-0.39, 0.29) is 0.831 Å². The van der Waals surface area contributed by atoms with Gasteiger partial charge in [-0.25, -0.2) is 0 Å². The summed E-state index contributed by atoms with van der Waals surface area (Å²) in [6, 6.07) is 15.7. The zero-order chi connectivity index (χ0) is 13.3. The first-order valence-electron chi connectivity index (χ1n) is 5.94. The molecule has 2 aromatic carbocycles. The molecule has 0 radical (unpaired) electrons. The summed E-state index contributed by atoms with van der Waals surface area (Å²) in [7, 11) is 0. The molecule has 0 bridgehead atoms. The number of aryl methyl sites for hydroxylation is 2. The second-order valence-corrected chi connectivity index (χ2v) is 14.6. The van der Waals surface area contributed by atoms with Gasteiger partial charge in [0.15, 0.2) is 0 Å². The van der Waals surface area contributed by atoms with Gasteiger partial charge < -0.3 is 0 Å². The van der Waals surface area contributed by atoms with E-state index < -0.39 is 0 Å². The minimum atomic E-state index is 0.284. The Morgan fingerprint density at radius 2 is 1.39 bits per heavy atom. The van der Waals surface area contributed by atoms with Crippen molar-refractivity contribution in [1.82, 2.24) is 0 Å². The van der Waals surface area contributed by atoms with Crippen molar-refractivity contribution >= 4 is 0 Å². The molecule has 0 aliphatic heterocycles. The van der Waals surface area contributed by atoms with E-state index in [1.165, 1.54) is 27.8 Å². The molecule has 2 heteroatoms. The molecule has 0 spiro atoms. The Hall–Kier alpha value is 0.206. The van der Waals surface area contributed by atoms with Gasteiger partial charge in [-0.05, 0) is 0 Å². The van der Waals surface area contributed by atoms with Crippen LogP contribution in [0.3, 0.4) is 0 Å². The van der Waals surface area contributed by atoms with Crippen LogP contribution < -0.4 is 0 Å². The van der Waals surface area contributed by atoms with E-state index in [1.807, 2.05) is 49.4 Å². The Labute approximate surface area is 140 Å². The summed E-state index contributed by atoms with van der Waals surface area (Å²) < 4.78 is 0.284. The Morgan fingerprint density at radius 1 is 0.833 bits per heavy atom. The summed E-state index contributed by atoms with van der Waals surface area (Å²) in [6.07, 6.45) is 0. The molecular formula is C16H16At2. The second-order valence-electron chi connectivity index (χ2n) is 4.80. The van der Waals surface area contributed by atoms with Gasteiger partial charge in [0.05, 0.1) is 0 Å². The van der Waals surface area contributed by atoms with Crippen molar-refractivity contribution in [2.24, 2.45) is 0 Å². The predicted octanol–water partition coefficient (Wildman–Crippen LogP) is 4.24. The molecule has 0 unspecified atom stereocenters. The first kappa shape index (κ1) is 14.6. The van der Waals surface area contributed by atoms with Crippen molar-refractivity contribution in [3.63, 3.8) is 0 Å². The van der Waals surface area contributed by atoms with Gasteiger partial charge in [-0.2, -0.15) is 0 Å². The first-order chi connectivity index (χ1) is 8.38. The summed E-state index contributed by atoms with van der Waals surface area (Å²) in [4.78, 5) is 0. The third kappa shape index (κ3) is 3.40. The molecule has 0 aliphatic carbocycles. The summed E-state index contributed by atoms with van der Waals surface area (Å²) in [5.74, 6) is 0. The van der Waals surface area contributed by atoms with Crippen molar-refractivity contribution < 1.29 is 49.4 Å². The van der Waals surface area contributed by atoms with E-state index >= 15 is 0 Å². The van der Waals surface area contributed by atoms with Crippen molar-refractivity contribution in [3.05, 3.63) is 59.2 Å². The van der Waals surface area contributed by atoms with E-state index in [2.05, 4.69) is 63.2 Å². The molecule has 0 nitrogen and oxygen atoms in total. The number of rotatable bonds is 2. The van der Waals surface area contributed by atoms with Crippen LogP contribution in [0.4, 0.5) is 0 Å². The summed E-state index contributed by atoms with van der Waals surface area (Å²) in [5.41, 5.74) is 6.85. The molecule has 2 rings (SSSR count). The quantitative estimate of drug-likeness (QED) is 0.468. The zero-order valence-corrected chi connectivity index (χ0v) is 16.7. The van der Waals surface area contributed by atoms with Crippen molar-refractivity contribution in [3.8, 4) is 11.1 Å². The van der Waals surface area contributed by atoms with Crippen LogP contribution in [0.1, 0.15) is 23.6 Å². The van der Waals surface area contributed by atoms with Gasteiger partial charge in [-0.3, -0.25) is 0 Å². The third-order valence-electron chi connectivity index (χ3n) is 3.01. The summed E-state index contributed by atoms with van der Waals surface area (Å²) in [6.45, 7) is 6.63. The zero-order valence-electron chi connectivity index (χ0n) is 10.8. The fourth-order valence-corrected chi connectivity index (χ4v) is 3.22. The topological polar surface area (TPSA) is 0 Å². The first-order valence-corrected chi connectivity index (χ1v) is 8.88. The van der Waals surface area contributed by atoms with Crippen LogP contribution in [0.5, 0.6) is 0 Å². The van der Waals surface area contributed by atoms with E-state index in [4.69, 9.17) is 0 Å². The molecule has 0 saturated carbocycles. The number of hydrogen-bond acceptors (Lipinski definition) is 0. The van der Waals surface area contributed by atoms with Crippen LogP contribution in [0, 0.1) is 63.3 Å². The fraction of sp³-hybridized carbons (Fsp3) is 0.250. The molecule has 0 heterocycles. The molecule has 0 atom stereocenters. The summed E-state index contributed by atoms with van der Waals surface area (Å²) >= 11 is 3.71. The SMILES string of the molecule is Cc1ccc(-c2ccc(C)cc2C(C)([At])[At])cc1. The molecule has 0 aromatic heterocycles. The van der Waals surface area contributed by atoms with Gasteiger partial charge in [0.25, 0.3) is 0 Å². The van der Waals surface area contributed by atoms with Crippen molar-refractivity contribution in [1.29, 1.82) is 0 Å². The van der Waals surface area contributed by atoms with Crippen LogP contribution in [-0.4, -0.2) is 0 Å². The van der Waals surface area contributed by atoms with Crippen LogP contribution in [-0.2, 0) is 0.831 Å². The third-order valence-corrected chi connectivity index (χ3v) is 4.59. The molecule has 0 amide bonds. The maximum absolute atomic E-state index is 2.34. The molecule has 0 aliphatic rings. The van der Waals surface area contributed by atoms with Gasteiger partial charge in [0.1, 0.15) is 0 Å².